The predicted molar refractivity (Wildman–Crippen MR) is 219 cm³/mol. The molecule has 7 atom stereocenters. The summed E-state index contributed by atoms with van der Waals surface area (Å²) < 4.78 is 37.2. The van der Waals surface area contributed by atoms with Crippen molar-refractivity contribution in [3.8, 4) is 5.75 Å². The Bertz CT molecular complexity index is 2080. The van der Waals surface area contributed by atoms with Gasteiger partial charge in [0.05, 0.1) is 28.5 Å². The van der Waals surface area contributed by atoms with Gasteiger partial charge in [-0.15, -0.1) is 0 Å². The van der Waals surface area contributed by atoms with E-state index in [4.69, 9.17) is 9.47 Å². The number of hydrogen-bond acceptors (Lipinski definition) is 10. The number of ether oxygens (including phenoxy) is 2. The molecule has 318 valence electrons. The second kappa shape index (κ2) is 18.6. The van der Waals surface area contributed by atoms with Gasteiger partial charge in [-0.3, -0.25) is 19.7 Å². The number of fused-ring (bicyclic) bond motifs is 2. The van der Waals surface area contributed by atoms with E-state index < -0.39 is 51.7 Å². The molecule has 14 heteroatoms. The molecule has 7 rings (SSSR count). The van der Waals surface area contributed by atoms with Crippen LogP contribution >= 0.6 is 0 Å². The number of nitrogens with one attached hydrogen (secondary N) is 1. The highest BCUT2D eigenvalue weighted by Crippen LogP contribution is 2.45. The molecule has 3 N–H and O–H groups in total. The van der Waals surface area contributed by atoms with Crippen LogP contribution in [0.4, 0.5) is 0 Å². The molecule has 2 amide bonds. The van der Waals surface area contributed by atoms with Gasteiger partial charge < -0.3 is 29.5 Å². The first-order valence-corrected chi connectivity index (χ1v) is 22.2. The summed E-state index contributed by atoms with van der Waals surface area (Å²) in [5.74, 6) is -0.859. The Hall–Kier alpha value is -4.79. The maximum atomic E-state index is 13.4. The van der Waals surface area contributed by atoms with Crippen LogP contribution in [0.1, 0.15) is 96.2 Å². The van der Waals surface area contributed by atoms with E-state index in [1.165, 1.54) is 12.1 Å². The topological polar surface area (TPSA) is 180 Å². The number of likely N-dealkylation sites (tertiary alicyclic amines) is 2. The first-order chi connectivity index (χ1) is 28.1. The molecule has 3 aromatic carbocycles. The second-order valence-corrected chi connectivity index (χ2v) is 18.4. The fourth-order valence-corrected chi connectivity index (χ4v) is 10.3. The molecule has 3 fully saturated rings. The van der Waals surface area contributed by atoms with E-state index >= 15 is 0 Å². The molecule has 0 bridgehead atoms. The zero-order valence-corrected chi connectivity index (χ0v) is 35.1. The molecule has 59 heavy (non-hydrogen) atoms. The van der Waals surface area contributed by atoms with Crippen LogP contribution < -0.4 is 10.1 Å². The van der Waals surface area contributed by atoms with Gasteiger partial charge in [0, 0.05) is 24.6 Å². The van der Waals surface area contributed by atoms with Gasteiger partial charge in [-0.05, 0) is 108 Å². The maximum Gasteiger partial charge on any atom is 0.326 e. The number of aryl methyl sites for hydroxylation is 1. The third-order valence-electron chi connectivity index (χ3n) is 12.1. The predicted octanol–water partition coefficient (Wildman–Crippen LogP) is 5.49. The number of amides is 2. The summed E-state index contributed by atoms with van der Waals surface area (Å²) in [5.41, 5.74) is 0.729. The van der Waals surface area contributed by atoms with Crippen molar-refractivity contribution in [1.82, 2.24) is 15.1 Å². The largest absolute Gasteiger partial charge is 0.485 e. The number of carboxylic acids is 1. The van der Waals surface area contributed by atoms with Crippen molar-refractivity contribution >= 4 is 33.6 Å². The number of nitrogens with zero attached hydrogens (tertiary/aromatic N) is 2. The number of aliphatic hydroxyl groups is 1. The SMILES string of the molecule is CC1(C)Oc2ccc(S(=O)(=O)c3ccccc3)cc2C(N2CCCC2=O)C1O.CCOC(=O)[C@H](CCc1ccccc1)N[C@@H](C)C(=O)N1[C@H](C(=O)O)C[C@H]2CCCC[C@@H]21. The molecule has 1 saturated carbocycles. The molecule has 0 aromatic heterocycles. The lowest BCUT2D eigenvalue weighted by atomic mass is 9.84. The molecule has 2 unspecified atom stereocenters. The Morgan fingerprint density at radius 1 is 0.966 bits per heavy atom. The molecule has 3 aromatic rings. The van der Waals surface area contributed by atoms with Gasteiger partial charge in [-0.2, -0.15) is 0 Å². The number of rotatable bonds is 12. The van der Waals surface area contributed by atoms with Crippen molar-refractivity contribution in [2.24, 2.45) is 5.92 Å². The number of carboxylic acid groups (broad SMARTS) is 1. The van der Waals surface area contributed by atoms with Crippen LogP contribution in [-0.4, -0.2) is 101 Å². The Morgan fingerprint density at radius 3 is 2.29 bits per heavy atom. The van der Waals surface area contributed by atoms with Crippen molar-refractivity contribution in [2.75, 3.05) is 13.2 Å². The summed E-state index contributed by atoms with van der Waals surface area (Å²) in [6.45, 7) is 7.80. The standard InChI is InChI=1S/C24H34N2O5.C21H23NO5S/c1-3-31-24(30)19(14-13-17-9-5-4-6-10-17)25-16(2)22(27)26-20-12-8-7-11-18(20)15-21(26)23(28)29;1-21(2)20(24)19(22-12-6-9-18(22)23)16-13-15(10-11-17(16)27-21)28(25,26)14-7-4-3-5-8-14/h4-6,9-10,16,18-21,25H,3,7-8,11-15H2,1-2H3,(H,28,29);3-5,7-8,10-11,13,19-20,24H,6,9,12H2,1-2H3/t16-,18+,19-,20-,21-;/m0./s1. The lowest BCUT2D eigenvalue weighted by molar-refractivity contribution is -0.152. The summed E-state index contributed by atoms with van der Waals surface area (Å²) in [6, 6.07) is 20.0. The third-order valence-corrected chi connectivity index (χ3v) is 13.8. The van der Waals surface area contributed by atoms with E-state index in [0.717, 1.165) is 37.7 Å². The molecule has 0 spiro atoms. The Kier molecular flexibility index (Phi) is 13.8. The molecule has 3 aliphatic heterocycles. The van der Waals surface area contributed by atoms with Crippen LogP contribution in [0.3, 0.4) is 0 Å². The normalized spacial score (nSPS) is 24.4. The highest BCUT2D eigenvalue weighted by atomic mass is 32.2. The summed E-state index contributed by atoms with van der Waals surface area (Å²) in [5, 5.41) is 23.8. The molecule has 1 aliphatic carbocycles. The zero-order chi connectivity index (χ0) is 42.5. The van der Waals surface area contributed by atoms with Gasteiger partial charge in [-0.25, -0.2) is 13.2 Å². The van der Waals surface area contributed by atoms with E-state index in [1.54, 1.807) is 73.9 Å². The first-order valence-electron chi connectivity index (χ1n) is 20.8. The van der Waals surface area contributed by atoms with Crippen LogP contribution in [0.2, 0.25) is 0 Å². The minimum atomic E-state index is -3.72. The average Bonchev–Trinajstić information content (AvgIpc) is 3.84. The van der Waals surface area contributed by atoms with Crippen LogP contribution in [-0.2, 0) is 40.2 Å². The van der Waals surface area contributed by atoms with E-state index in [1.807, 2.05) is 30.3 Å². The number of aliphatic hydroxyl groups excluding tert-OH is 1. The van der Waals surface area contributed by atoms with Crippen molar-refractivity contribution in [1.29, 1.82) is 0 Å². The fraction of sp³-hybridized carbons (Fsp3) is 0.511. The molecule has 0 radical (unpaired) electrons. The van der Waals surface area contributed by atoms with Gasteiger partial charge in [-0.1, -0.05) is 61.4 Å². The lowest BCUT2D eigenvalue weighted by Crippen LogP contribution is -2.55. The molecular weight excluding hydrogens is 775 g/mol. The number of esters is 1. The average molecular weight is 832 g/mol. The quantitative estimate of drug-likeness (QED) is 0.197. The zero-order valence-electron chi connectivity index (χ0n) is 34.3. The summed E-state index contributed by atoms with van der Waals surface area (Å²) in [7, 11) is -3.72. The number of carbonyl (C=O) groups excluding carboxylic acids is 3. The van der Waals surface area contributed by atoms with Gasteiger partial charge in [0.15, 0.2) is 0 Å². The molecule has 2 saturated heterocycles. The Balaban J connectivity index is 0.000000199. The van der Waals surface area contributed by atoms with E-state index in [0.29, 0.717) is 43.5 Å². The lowest BCUT2D eigenvalue weighted by Gasteiger charge is -2.45. The highest BCUT2D eigenvalue weighted by Gasteiger charge is 2.49. The number of benzene rings is 3. The molecule has 4 aliphatic rings. The molecular formula is C45H57N3O10S. The van der Waals surface area contributed by atoms with Crippen molar-refractivity contribution in [3.05, 3.63) is 90.0 Å². The van der Waals surface area contributed by atoms with Crippen molar-refractivity contribution < 1.29 is 47.3 Å². The smallest absolute Gasteiger partial charge is 0.326 e. The summed E-state index contributed by atoms with van der Waals surface area (Å²) in [4.78, 5) is 53.7. The Labute approximate surface area is 347 Å². The van der Waals surface area contributed by atoms with Crippen molar-refractivity contribution in [2.45, 2.75) is 137 Å². The molecule has 13 nitrogen and oxygen atoms in total. The fourth-order valence-electron chi connectivity index (χ4n) is 9.01. The third kappa shape index (κ3) is 9.66. The summed E-state index contributed by atoms with van der Waals surface area (Å²) >= 11 is 0. The minimum absolute atomic E-state index is 0.0167. The Morgan fingerprint density at radius 2 is 1.64 bits per heavy atom. The number of carbonyl (C=O) groups is 4. The second-order valence-electron chi connectivity index (χ2n) is 16.5. The van der Waals surface area contributed by atoms with Gasteiger partial charge in [0.2, 0.25) is 21.7 Å². The van der Waals surface area contributed by atoms with E-state index in [9.17, 15) is 37.8 Å². The van der Waals surface area contributed by atoms with E-state index in [-0.39, 0.29) is 46.1 Å². The van der Waals surface area contributed by atoms with Gasteiger partial charge in [0.1, 0.15) is 29.5 Å². The monoisotopic (exact) mass is 831 g/mol. The van der Waals surface area contributed by atoms with Crippen molar-refractivity contribution in [3.63, 3.8) is 0 Å². The van der Waals surface area contributed by atoms with Gasteiger partial charge in [0.25, 0.3) is 0 Å². The van der Waals surface area contributed by atoms with Gasteiger partial charge >= 0.3 is 11.9 Å². The van der Waals surface area contributed by atoms with Crippen LogP contribution in [0.5, 0.6) is 5.75 Å². The number of sulfone groups is 1. The number of aliphatic carboxylic acids is 1. The maximum absolute atomic E-state index is 13.4. The highest BCUT2D eigenvalue weighted by molar-refractivity contribution is 7.91. The van der Waals surface area contributed by atoms with Crippen LogP contribution in [0.15, 0.2) is 88.7 Å². The van der Waals surface area contributed by atoms with E-state index in [2.05, 4.69) is 5.32 Å². The molecule has 3 heterocycles. The first kappa shape index (κ1) is 43.8. The van der Waals surface area contributed by atoms with Crippen LogP contribution in [0.25, 0.3) is 0 Å². The summed E-state index contributed by atoms with van der Waals surface area (Å²) in [6.07, 6.45) is 5.80. The number of hydrogen-bond donors (Lipinski definition) is 3. The van der Waals surface area contributed by atoms with Crippen LogP contribution in [0, 0.1) is 5.92 Å². The minimum Gasteiger partial charge on any atom is -0.485 e.